The molecule has 0 aromatic carbocycles. The highest BCUT2D eigenvalue weighted by Crippen LogP contribution is 2.28. The Kier molecular flexibility index (Phi) is 3.46. The highest BCUT2D eigenvalue weighted by atomic mass is 16.5. The summed E-state index contributed by atoms with van der Waals surface area (Å²) in [6, 6.07) is 1.72. The number of hydrogen-bond acceptors (Lipinski definition) is 4. The van der Waals surface area contributed by atoms with Crippen LogP contribution in [0.15, 0.2) is 12.3 Å². The Morgan fingerprint density at radius 1 is 1.53 bits per heavy atom. The van der Waals surface area contributed by atoms with Crippen LogP contribution in [0.2, 0.25) is 0 Å². The summed E-state index contributed by atoms with van der Waals surface area (Å²) in [4.78, 5) is 15.8. The van der Waals surface area contributed by atoms with Crippen LogP contribution in [-0.2, 0) is 0 Å². The summed E-state index contributed by atoms with van der Waals surface area (Å²) in [7, 11) is 1.44. The van der Waals surface area contributed by atoms with Gasteiger partial charge in [0.1, 0.15) is 0 Å². The van der Waals surface area contributed by atoms with Crippen molar-refractivity contribution in [2.24, 2.45) is 0 Å². The molecular weight excluding hydrogens is 220 g/mol. The van der Waals surface area contributed by atoms with Crippen molar-refractivity contribution in [2.45, 2.75) is 31.7 Å². The van der Waals surface area contributed by atoms with Gasteiger partial charge in [-0.15, -0.1) is 0 Å². The summed E-state index contributed by atoms with van der Waals surface area (Å²) in [6.45, 7) is 0. The molecule has 17 heavy (non-hydrogen) atoms. The number of amides is 1. The molecule has 92 valence electrons. The molecule has 1 fully saturated rings. The van der Waals surface area contributed by atoms with E-state index < -0.39 is 0 Å². The number of aromatic nitrogens is 1. The van der Waals surface area contributed by atoms with Crippen LogP contribution in [0.3, 0.4) is 0 Å². The predicted molar refractivity (Wildman–Crippen MR) is 62.2 cm³/mol. The van der Waals surface area contributed by atoms with Crippen LogP contribution in [0.4, 0.5) is 0 Å². The molecule has 2 rings (SSSR count). The van der Waals surface area contributed by atoms with Crippen molar-refractivity contribution < 1.29 is 14.6 Å². The molecule has 0 bridgehead atoms. The molecule has 5 nitrogen and oxygen atoms in total. The van der Waals surface area contributed by atoms with Gasteiger partial charge in [-0.3, -0.25) is 4.79 Å². The lowest BCUT2D eigenvalue weighted by Gasteiger charge is -2.12. The monoisotopic (exact) mass is 236 g/mol. The van der Waals surface area contributed by atoms with Crippen molar-refractivity contribution in [2.75, 3.05) is 7.11 Å². The summed E-state index contributed by atoms with van der Waals surface area (Å²) in [5, 5.41) is 12.7. The molecule has 1 aliphatic rings. The van der Waals surface area contributed by atoms with Crippen LogP contribution in [0.5, 0.6) is 11.5 Å². The first kappa shape index (κ1) is 11.7. The third-order valence-electron chi connectivity index (χ3n) is 3.01. The minimum atomic E-state index is -0.340. The normalized spacial score (nSPS) is 15.8. The number of ether oxygens (including phenoxy) is 1. The Balaban J connectivity index is 2.12. The Bertz CT molecular complexity index is 414. The second-order valence-corrected chi connectivity index (χ2v) is 4.17. The van der Waals surface area contributed by atoms with E-state index in [2.05, 4.69) is 10.3 Å². The van der Waals surface area contributed by atoms with E-state index in [4.69, 9.17) is 4.74 Å². The van der Waals surface area contributed by atoms with Crippen LogP contribution >= 0.6 is 0 Å². The second-order valence-electron chi connectivity index (χ2n) is 4.17. The average Bonchev–Trinajstić information content (AvgIpc) is 2.82. The maximum Gasteiger partial charge on any atom is 0.274 e. The first-order chi connectivity index (χ1) is 8.22. The topological polar surface area (TPSA) is 71.5 Å². The number of nitrogens with one attached hydrogen (secondary N) is 1. The largest absolute Gasteiger partial charge is 0.503 e. The van der Waals surface area contributed by atoms with Gasteiger partial charge in [0.15, 0.2) is 17.2 Å². The molecule has 1 aromatic rings. The van der Waals surface area contributed by atoms with Gasteiger partial charge < -0.3 is 15.2 Å². The van der Waals surface area contributed by atoms with E-state index in [1.54, 1.807) is 0 Å². The summed E-state index contributed by atoms with van der Waals surface area (Å²) < 4.78 is 4.94. The van der Waals surface area contributed by atoms with Crippen molar-refractivity contribution in [3.8, 4) is 11.5 Å². The Hall–Kier alpha value is -1.78. The maximum atomic E-state index is 11.9. The molecule has 1 aliphatic carbocycles. The van der Waals surface area contributed by atoms with E-state index in [0.29, 0.717) is 0 Å². The lowest BCUT2D eigenvalue weighted by molar-refractivity contribution is 0.0929. The van der Waals surface area contributed by atoms with Crippen molar-refractivity contribution in [3.05, 3.63) is 18.0 Å². The molecule has 5 heteroatoms. The number of nitrogens with zero attached hydrogens (tertiary/aromatic N) is 1. The average molecular weight is 236 g/mol. The predicted octanol–water partition coefficient (Wildman–Crippen LogP) is 1.47. The summed E-state index contributed by atoms with van der Waals surface area (Å²) in [6.07, 6.45) is 5.72. The van der Waals surface area contributed by atoms with Crippen LogP contribution in [0.1, 0.15) is 36.2 Å². The van der Waals surface area contributed by atoms with Crippen molar-refractivity contribution in [1.29, 1.82) is 0 Å². The standard InChI is InChI=1S/C12H16N2O3/c1-17-9-6-7-13-10(11(9)15)12(16)14-8-4-2-3-5-8/h6-8,15H,2-5H2,1H3,(H,14,16). The first-order valence-corrected chi connectivity index (χ1v) is 5.75. The van der Waals surface area contributed by atoms with Gasteiger partial charge in [0.05, 0.1) is 7.11 Å². The quantitative estimate of drug-likeness (QED) is 0.833. The number of carbonyl (C=O) groups excluding carboxylic acids is 1. The molecule has 0 spiro atoms. The molecule has 0 saturated heterocycles. The third kappa shape index (κ3) is 2.49. The number of aromatic hydroxyl groups is 1. The number of methoxy groups -OCH3 is 1. The Labute approximate surface area is 99.8 Å². The van der Waals surface area contributed by atoms with Crippen LogP contribution in [-0.4, -0.2) is 29.1 Å². The summed E-state index contributed by atoms with van der Waals surface area (Å²) in [5.74, 6) is -0.282. The van der Waals surface area contributed by atoms with Gasteiger partial charge in [0.2, 0.25) is 0 Å². The van der Waals surface area contributed by atoms with Gasteiger partial charge in [-0.05, 0) is 12.8 Å². The maximum absolute atomic E-state index is 11.9. The summed E-state index contributed by atoms with van der Waals surface area (Å²) in [5.41, 5.74) is 0.0243. The van der Waals surface area contributed by atoms with E-state index in [0.717, 1.165) is 25.7 Å². The van der Waals surface area contributed by atoms with Gasteiger partial charge >= 0.3 is 0 Å². The van der Waals surface area contributed by atoms with Gasteiger partial charge in [-0.25, -0.2) is 4.98 Å². The Morgan fingerprint density at radius 3 is 2.88 bits per heavy atom. The van der Waals surface area contributed by atoms with E-state index in [-0.39, 0.29) is 29.1 Å². The fraction of sp³-hybridized carbons (Fsp3) is 0.500. The molecular formula is C12H16N2O3. The summed E-state index contributed by atoms with van der Waals surface area (Å²) >= 11 is 0. The van der Waals surface area contributed by atoms with E-state index in [1.807, 2.05) is 0 Å². The number of rotatable bonds is 3. The lowest BCUT2D eigenvalue weighted by Crippen LogP contribution is -2.33. The highest BCUT2D eigenvalue weighted by molar-refractivity contribution is 5.95. The molecule has 0 atom stereocenters. The van der Waals surface area contributed by atoms with E-state index in [9.17, 15) is 9.90 Å². The Morgan fingerprint density at radius 2 is 2.24 bits per heavy atom. The minimum absolute atomic E-state index is 0.0243. The zero-order valence-corrected chi connectivity index (χ0v) is 9.77. The second kappa shape index (κ2) is 5.03. The van der Waals surface area contributed by atoms with Gasteiger partial charge in [0.25, 0.3) is 5.91 Å². The van der Waals surface area contributed by atoms with E-state index in [1.165, 1.54) is 19.4 Å². The molecule has 0 radical (unpaired) electrons. The van der Waals surface area contributed by atoms with Crippen LogP contribution in [0, 0.1) is 0 Å². The van der Waals surface area contributed by atoms with E-state index >= 15 is 0 Å². The smallest absolute Gasteiger partial charge is 0.274 e. The van der Waals surface area contributed by atoms with Crippen LogP contribution < -0.4 is 10.1 Å². The SMILES string of the molecule is COc1ccnc(C(=O)NC2CCCC2)c1O. The number of carbonyl (C=O) groups is 1. The lowest BCUT2D eigenvalue weighted by atomic mass is 10.2. The highest BCUT2D eigenvalue weighted by Gasteiger charge is 2.21. The molecule has 0 aliphatic heterocycles. The van der Waals surface area contributed by atoms with Crippen molar-refractivity contribution in [1.82, 2.24) is 10.3 Å². The fourth-order valence-corrected chi connectivity index (χ4v) is 2.09. The molecule has 0 unspecified atom stereocenters. The molecule has 1 heterocycles. The van der Waals surface area contributed by atoms with Crippen LogP contribution in [0.25, 0.3) is 0 Å². The zero-order valence-electron chi connectivity index (χ0n) is 9.77. The molecule has 1 amide bonds. The molecule has 1 saturated carbocycles. The van der Waals surface area contributed by atoms with Gasteiger partial charge in [0, 0.05) is 18.3 Å². The minimum Gasteiger partial charge on any atom is -0.503 e. The van der Waals surface area contributed by atoms with Gasteiger partial charge in [-0.1, -0.05) is 12.8 Å². The number of pyridine rings is 1. The fourth-order valence-electron chi connectivity index (χ4n) is 2.09. The van der Waals surface area contributed by atoms with Gasteiger partial charge in [-0.2, -0.15) is 0 Å². The first-order valence-electron chi connectivity index (χ1n) is 5.75. The number of hydrogen-bond donors (Lipinski definition) is 2. The third-order valence-corrected chi connectivity index (χ3v) is 3.01. The molecule has 1 aromatic heterocycles. The van der Waals surface area contributed by atoms with Crippen molar-refractivity contribution in [3.63, 3.8) is 0 Å². The zero-order chi connectivity index (χ0) is 12.3. The van der Waals surface area contributed by atoms with Crippen molar-refractivity contribution >= 4 is 5.91 Å². The molecule has 2 N–H and O–H groups in total.